The highest BCUT2D eigenvalue weighted by Crippen LogP contribution is 2.38. The molecule has 13 heavy (non-hydrogen) atoms. The fourth-order valence-electron chi connectivity index (χ4n) is 1.98. The average molecular weight is 191 g/mol. The minimum absolute atomic E-state index is 0.473. The number of alkyl halides is 2. The lowest BCUT2D eigenvalue weighted by Crippen LogP contribution is -2.58. The van der Waals surface area contributed by atoms with Gasteiger partial charge in [-0.3, -0.25) is 0 Å². The predicted molar refractivity (Wildman–Crippen MR) is 44.9 cm³/mol. The summed E-state index contributed by atoms with van der Waals surface area (Å²) in [6.45, 7) is 1.73. The van der Waals surface area contributed by atoms with Crippen molar-refractivity contribution in [3.05, 3.63) is 0 Å². The van der Waals surface area contributed by atoms with E-state index in [4.69, 9.17) is 4.74 Å². The number of rotatable bonds is 2. The van der Waals surface area contributed by atoms with Crippen molar-refractivity contribution in [2.75, 3.05) is 19.8 Å². The van der Waals surface area contributed by atoms with Crippen LogP contribution < -0.4 is 5.32 Å². The molecule has 0 amide bonds. The van der Waals surface area contributed by atoms with Crippen LogP contribution in [0.2, 0.25) is 0 Å². The first-order valence-corrected chi connectivity index (χ1v) is 4.90. The van der Waals surface area contributed by atoms with Gasteiger partial charge >= 0.3 is 0 Å². The zero-order chi connectivity index (χ0) is 9.31. The molecule has 0 spiro atoms. The molecule has 2 aliphatic heterocycles. The molecular weight excluding hydrogens is 176 g/mol. The van der Waals surface area contributed by atoms with E-state index in [2.05, 4.69) is 5.32 Å². The number of nitrogens with one attached hydrogen (secondary N) is 1. The van der Waals surface area contributed by atoms with Gasteiger partial charge in [-0.2, -0.15) is 0 Å². The van der Waals surface area contributed by atoms with Crippen LogP contribution in [0.4, 0.5) is 8.78 Å². The van der Waals surface area contributed by atoms with Gasteiger partial charge in [0.1, 0.15) is 0 Å². The van der Waals surface area contributed by atoms with Gasteiger partial charge in [0, 0.05) is 19.1 Å². The van der Waals surface area contributed by atoms with E-state index in [-0.39, 0.29) is 0 Å². The number of hydrogen-bond acceptors (Lipinski definition) is 2. The Hall–Kier alpha value is -0.220. The Balaban J connectivity index is 1.94. The summed E-state index contributed by atoms with van der Waals surface area (Å²) in [6, 6.07) is -0.574. The summed E-state index contributed by atoms with van der Waals surface area (Å²) in [5.41, 5.74) is 0. The fraction of sp³-hybridized carbons (Fsp3) is 1.00. The first kappa shape index (κ1) is 9.34. The van der Waals surface area contributed by atoms with Crippen LogP contribution in [-0.4, -0.2) is 31.7 Å². The molecule has 1 atom stereocenters. The van der Waals surface area contributed by atoms with Crippen LogP contribution in [0.25, 0.3) is 0 Å². The predicted octanol–water partition coefficient (Wildman–Crippen LogP) is 1.41. The van der Waals surface area contributed by atoms with Crippen LogP contribution in [0.15, 0.2) is 0 Å². The molecule has 2 rings (SSSR count). The molecule has 2 nitrogen and oxygen atoms in total. The van der Waals surface area contributed by atoms with Crippen LogP contribution in [0.1, 0.15) is 19.3 Å². The molecule has 0 aromatic rings. The highest BCUT2D eigenvalue weighted by molar-refractivity contribution is 4.95. The Morgan fingerprint density at radius 2 is 1.77 bits per heavy atom. The highest BCUT2D eigenvalue weighted by Gasteiger charge is 2.49. The Morgan fingerprint density at radius 3 is 2.23 bits per heavy atom. The van der Waals surface area contributed by atoms with Gasteiger partial charge in [-0.05, 0) is 25.8 Å². The summed E-state index contributed by atoms with van der Waals surface area (Å²) in [5, 5.41) is 2.79. The molecule has 2 aliphatic rings. The van der Waals surface area contributed by atoms with E-state index in [1.54, 1.807) is 0 Å². The molecule has 2 saturated heterocycles. The third-order valence-corrected chi connectivity index (χ3v) is 3.05. The molecule has 0 bridgehead atoms. The van der Waals surface area contributed by atoms with E-state index in [1.165, 1.54) is 0 Å². The van der Waals surface area contributed by atoms with Crippen molar-refractivity contribution < 1.29 is 13.5 Å². The topological polar surface area (TPSA) is 21.3 Å². The van der Waals surface area contributed by atoms with Crippen molar-refractivity contribution in [3.63, 3.8) is 0 Å². The molecule has 0 aliphatic carbocycles. The quantitative estimate of drug-likeness (QED) is 0.712. The first-order chi connectivity index (χ1) is 6.21. The van der Waals surface area contributed by atoms with Gasteiger partial charge in [0.25, 0.3) is 5.92 Å². The summed E-state index contributed by atoms with van der Waals surface area (Å²) in [6.07, 6.45) is 1.63. The number of ether oxygens (including phenoxy) is 1. The molecule has 0 saturated carbocycles. The molecule has 76 valence electrons. The second-order valence-electron chi connectivity index (χ2n) is 3.86. The third kappa shape index (κ3) is 1.70. The van der Waals surface area contributed by atoms with Crippen LogP contribution >= 0.6 is 0 Å². The normalized spacial score (nSPS) is 31.4. The Labute approximate surface area is 76.6 Å². The second-order valence-corrected chi connectivity index (χ2v) is 3.86. The van der Waals surface area contributed by atoms with Gasteiger partial charge in [0.05, 0.1) is 6.04 Å². The maximum atomic E-state index is 13.6. The van der Waals surface area contributed by atoms with Crippen LogP contribution in [-0.2, 0) is 4.74 Å². The molecular formula is C9H15F2NO. The zero-order valence-electron chi connectivity index (χ0n) is 7.56. The minimum atomic E-state index is -2.53. The van der Waals surface area contributed by atoms with Crippen molar-refractivity contribution in [1.29, 1.82) is 0 Å². The molecule has 0 radical (unpaired) electrons. The van der Waals surface area contributed by atoms with Crippen LogP contribution in [0.3, 0.4) is 0 Å². The van der Waals surface area contributed by atoms with E-state index in [9.17, 15) is 8.78 Å². The Kier molecular flexibility index (Phi) is 2.51. The van der Waals surface area contributed by atoms with Gasteiger partial charge in [-0.25, -0.2) is 8.78 Å². The minimum Gasteiger partial charge on any atom is -0.381 e. The molecule has 4 heteroatoms. The number of hydrogen-bond donors (Lipinski definition) is 1. The summed E-state index contributed by atoms with van der Waals surface area (Å²) in [4.78, 5) is 0. The van der Waals surface area contributed by atoms with Crippen molar-refractivity contribution >= 4 is 0 Å². The third-order valence-electron chi connectivity index (χ3n) is 3.05. The van der Waals surface area contributed by atoms with E-state index in [1.807, 2.05) is 0 Å². The molecule has 0 aromatic heterocycles. The second kappa shape index (κ2) is 3.50. The molecule has 2 fully saturated rings. The lowest BCUT2D eigenvalue weighted by atomic mass is 9.84. The van der Waals surface area contributed by atoms with Crippen molar-refractivity contribution in [2.45, 2.75) is 31.2 Å². The lowest BCUT2D eigenvalue weighted by Gasteiger charge is -2.40. The largest absolute Gasteiger partial charge is 0.381 e. The monoisotopic (exact) mass is 191 g/mol. The molecule has 1 N–H and O–H groups in total. The van der Waals surface area contributed by atoms with Gasteiger partial charge in [0.2, 0.25) is 0 Å². The Morgan fingerprint density at radius 1 is 1.15 bits per heavy atom. The van der Waals surface area contributed by atoms with Crippen molar-refractivity contribution in [3.8, 4) is 0 Å². The lowest BCUT2D eigenvalue weighted by molar-refractivity contribution is -0.132. The average Bonchev–Trinajstić information content (AvgIpc) is 2.02. The smallest absolute Gasteiger partial charge is 0.266 e. The molecule has 0 aromatic carbocycles. The molecule has 1 unspecified atom stereocenters. The van der Waals surface area contributed by atoms with E-state index < -0.39 is 17.9 Å². The zero-order valence-corrected chi connectivity index (χ0v) is 7.56. The van der Waals surface area contributed by atoms with Crippen LogP contribution in [0.5, 0.6) is 0 Å². The van der Waals surface area contributed by atoms with Crippen LogP contribution in [0, 0.1) is 5.92 Å². The van der Waals surface area contributed by atoms with E-state index in [0.29, 0.717) is 32.5 Å². The van der Waals surface area contributed by atoms with Gasteiger partial charge in [0.15, 0.2) is 0 Å². The van der Waals surface area contributed by atoms with Gasteiger partial charge < -0.3 is 10.1 Å². The maximum Gasteiger partial charge on any atom is 0.266 e. The van der Waals surface area contributed by atoms with Crippen molar-refractivity contribution in [1.82, 2.24) is 5.32 Å². The van der Waals surface area contributed by atoms with Gasteiger partial charge in [-0.15, -0.1) is 0 Å². The summed E-state index contributed by atoms with van der Waals surface area (Å²) >= 11 is 0. The summed E-state index contributed by atoms with van der Waals surface area (Å²) in [5.74, 6) is -3.00. The standard InChI is InChI=1S/C9H15F2NO/c10-9(11,8-1-4-12-8)7-2-5-13-6-3-7/h7-8,12H,1-6H2. The maximum absolute atomic E-state index is 13.6. The van der Waals surface area contributed by atoms with E-state index >= 15 is 0 Å². The highest BCUT2D eigenvalue weighted by atomic mass is 19.3. The number of halogens is 2. The first-order valence-electron chi connectivity index (χ1n) is 4.90. The van der Waals surface area contributed by atoms with Crippen molar-refractivity contribution in [2.24, 2.45) is 5.92 Å². The SMILES string of the molecule is FC(F)(C1CCOCC1)C1CCN1. The fourth-order valence-corrected chi connectivity index (χ4v) is 1.98. The molecule has 2 heterocycles. The van der Waals surface area contributed by atoms with Gasteiger partial charge in [-0.1, -0.05) is 0 Å². The summed E-state index contributed by atoms with van der Waals surface area (Å²) < 4.78 is 32.3. The summed E-state index contributed by atoms with van der Waals surface area (Å²) in [7, 11) is 0. The van der Waals surface area contributed by atoms with E-state index in [0.717, 1.165) is 6.54 Å². The Bertz CT molecular complexity index is 176.